The number of hydroxylamine groups is 2. The molecule has 0 radical (unpaired) electrons. The summed E-state index contributed by atoms with van der Waals surface area (Å²) in [5.41, 5.74) is 4.41. The van der Waals surface area contributed by atoms with Crippen molar-refractivity contribution < 1.29 is 53.3 Å². The first-order valence-electron chi connectivity index (χ1n) is 14.3. The second-order valence-corrected chi connectivity index (χ2v) is 12.7. The first-order valence-corrected chi connectivity index (χ1v) is 14.3. The van der Waals surface area contributed by atoms with Gasteiger partial charge in [-0.15, -0.1) is 0 Å². The van der Waals surface area contributed by atoms with Crippen molar-refractivity contribution in [1.29, 1.82) is 0 Å². The highest BCUT2D eigenvalue weighted by atomic mass is 16.8. The largest absolute Gasteiger partial charge is 0.534 e. The van der Waals surface area contributed by atoms with Gasteiger partial charge in [0.1, 0.15) is 24.3 Å². The third-order valence-electron chi connectivity index (χ3n) is 6.89. The number of carbonyl (C=O) groups excluding carboxylic acids is 4. The van der Waals surface area contributed by atoms with Crippen molar-refractivity contribution >= 4 is 36.0 Å². The number of ether oxygens (including phenoxy) is 2. The van der Waals surface area contributed by atoms with Gasteiger partial charge in [-0.3, -0.25) is 19.2 Å². The maximum Gasteiger partial charge on any atom is 0.534 e. The Morgan fingerprint density at radius 1 is 0.786 bits per heavy atom. The van der Waals surface area contributed by atoms with E-state index in [1.165, 1.54) is 0 Å². The van der Waals surface area contributed by atoms with Crippen molar-refractivity contribution in [1.82, 2.24) is 10.4 Å². The third kappa shape index (κ3) is 13.0. The fourth-order valence-electron chi connectivity index (χ4n) is 4.22. The van der Waals surface area contributed by atoms with Gasteiger partial charge in [0, 0.05) is 12.8 Å². The molecule has 240 valence electrons. The molecule has 3 fully saturated rings. The Balaban J connectivity index is 0.000000331. The van der Waals surface area contributed by atoms with Crippen LogP contribution in [0.5, 0.6) is 0 Å². The highest BCUT2D eigenvalue weighted by Gasteiger charge is 2.35. The number of carbonyl (C=O) groups is 6. The number of nitrogens with zero attached hydrogens (tertiary/aromatic N) is 1. The Hall–Kier alpha value is -3.42. The quantitative estimate of drug-likeness (QED) is 0.253. The Labute approximate surface area is 246 Å². The van der Waals surface area contributed by atoms with E-state index in [1.807, 2.05) is 0 Å². The minimum atomic E-state index is -1.04. The lowest BCUT2D eigenvalue weighted by molar-refractivity contribution is -0.178. The fourth-order valence-corrected chi connectivity index (χ4v) is 4.22. The summed E-state index contributed by atoms with van der Waals surface area (Å²) >= 11 is 0. The smallest absolute Gasteiger partial charge is 0.480 e. The molecule has 0 unspecified atom stereocenters. The summed E-state index contributed by atoms with van der Waals surface area (Å²) in [6.45, 7) is 10.7. The van der Waals surface area contributed by atoms with Crippen molar-refractivity contribution in [2.45, 2.75) is 130 Å². The van der Waals surface area contributed by atoms with Gasteiger partial charge < -0.3 is 30.7 Å². The molecule has 3 rings (SSSR count). The van der Waals surface area contributed by atoms with Crippen molar-refractivity contribution in [2.75, 3.05) is 0 Å². The highest BCUT2D eigenvalue weighted by molar-refractivity contribution is 6.01. The minimum Gasteiger partial charge on any atom is -0.480 e. The second-order valence-electron chi connectivity index (χ2n) is 12.7. The molecular formula is C28H47N3O11. The lowest BCUT2D eigenvalue weighted by Crippen LogP contribution is -2.49. The predicted octanol–water partition coefficient (Wildman–Crippen LogP) is 3.75. The number of hydrogen-bond donors (Lipinski definition) is 4. The van der Waals surface area contributed by atoms with Crippen LogP contribution in [0.25, 0.3) is 0 Å². The van der Waals surface area contributed by atoms with Gasteiger partial charge in [-0.25, -0.2) is 14.4 Å². The van der Waals surface area contributed by atoms with Gasteiger partial charge in [0.2, 0.25) is 0 Å². The molecule has 1 aliphatic heterocycles. The number of carboxylic acids is 2. The zero-order valence-electron chi connectivity index (χ0n) is 25.5. The van der Waals surface area contributed by atoms with E-state index in [1.54, 1.807) is 41.5 Å². The average molecular weight is 602 g/mol. The fraction of sp³-hybridized carbons (Fsp3) is 0.786. The molecule has 42 heavy (non-hydrogen) atoms. The summed E-state index contributed by atoms with van der Waals surface area (Å²) < 4.78 is 10.1. The number of amides is 3. The van der Waals surface area contributed by atoms with Crippen LogP contribution in [0.3, 0.4) is 0 Å². The van der Waals surface area contributed by atoms with Crippen molar-refractivity contribution in [3.05, 3.63) is 0 Å². The molecule has 1 heterocycles. The lowest BCUT2D eigenvalue weighted by Gasteiger charge is -2.27. The Kier molecular flexibility index (Phi) is 14.2. The van der Waals surface area contributed by atoms with E-state index < -0.39 is 53.5 Å². The van der Waals surface area contributed by atoms with Crippen LogP contribution >= 0.6 is 0 Å². The maximum atomic E-state index is 11.6. The first kappa shape index (κ1) is 36.6. The molecule has 0 aromatic carbocycles. The molecule has 2 saturated carbocycles. The monoisotopic (exact) mass is 601 g/mol. The summed E-state index contributed by atoms with van der Waals surface area (Å²) in [5, 5.41) is 20.4. The molecule has 5 N–H and O–H groups in total. The van der Waals surface area contributed by atoms with Gasteiger partial charge in [0.25, 0.3) is 11.8 Å². The van der Waals surface area contributed by atoms with E-state index >= 15 is 0 Å². The lowest BCUT2D eigenvalue weighted by atomic mass is 9.87. The molecule has 1 saturated heterocycles. The van der Waals surface area contributed by atoms with Crippen LogP contribution in [0.15, 0.2) is 0 Å². The van der Waals surface area contributed by atoms with E-state index in [2.05, 4.69) is 10.2 Å². The van der Waals surface area contributed by atoms with Crippen LogP contribution in [-0.2, 0) is 33.5 Å². The van der Waals surface area contributed by atoms with Crippen molar-refractivity contribution in [3.63, 3.8) is 0 Å². The summed E-state index contributed by atoms with van der Waals surface area (Å²) in [6.07, 6.45) is 5.98. The average Bonchev–Trinajstić information content (AvgIpc) is 3.62. The van der Waals surface area contributed by atoms with E-state index in [9.17, 15) is 28.8 Å². The molecule has 3 amide bonds. The van der Waals surface area contributed by atoms with E-state index in [4.69, 9.17) is 25.4 Å². The normalized spacial score (nSPS) is 19.1. The van der Waals surface area contributed by atoms with Crippen LogP contribution in [0.2, 0.25) is 0 Å². The van der Waals surface area contributed by atoms with Crippen molar-refractivity contribution in [3.8, 4) is 0 Å². The van der Waals surface area contributed by atoms with Gasteiger partial charge >= 0.3 is 24.2 Å². The van der Waals surface area contributed by atoms with Gasteiger partial charge in [-0.1, -0.05) is 46.6 Å². The summed E-state index contributed by atoms with van der Waals surface area (Å²) in [7, 11) is 0. The summed E-state index contributed by atoms with van der Waals surface area (Å²) in [6, 6.07) is -1.70. The number of imide groups is 1. The van der Waals surface area contributed by atoms with Crippen LogP contribution < -0.4 is 11.1 Å². The number of alkyl carbamates (subject to hydrolysis) is 1. The third-order valence-corrected chi connectivity index (χ3v) is 6.89. The van der Waals surface area contributed by atoms with Crippen LogP contribution in [0, 0.1) is 10.8 Å². The number of hydrogen-bond acceptors (Lipinski definition) is 10. The van der Waals surface area contributed by atoms with E-state index in [0.717, 1.165) is 51.4 Å². The van der Waals surface area contributed by atoms with Gasteiger partial charge in [0.05, 0.1) is 0 Å². The molecule has 3 aliphatic rings. The molecule has 0 aromatic heterocycles. The van der Waals surface area contributed by atoms with Crippen LogP contribution in [0.1, 0.15) is 106 Å². The SMILES string of the molecule is CC(C)(C)[C@H](N)C(=O)O.CC(C)(C)[C@H](NC(=O)OC1CCCC1)C(=O)O.O=C(OC1CCCC1)ON1C(=O)CCC1=O. The molecule has 0 aromatic rings. The topological polar surface area (TPSA) is 212 Å². The summed E-state index contributed by atoms with van der Waals surface area (Å²) in [5.74, 6) is -2.97. The number of nitrogens with one attached hydrogen (secondary N) is 1. The van der Waals surface area contributed by atoms with Gasteiger partial charge in [0.15, 0.2) is 0 Å². The Morgan fingerprint density at radius 3 is 1.55 bits per heavy atom. The highest BCUT2D eigenvalue weighted by Crippen LogP contribution is 2.24. The van der Waals surface area contributed by atoms with E-state index in [0.29, 0.717) is 5.06 Å². The molecular weight excluding hydrogens is 554 g/mol. The number of carboxylic acid groups (broad SMARTS) is 2. The minimum absolute atomic E-state index is 0.0515. The van der Waals surface area contributed by atoms with Crippen molar-refractivity contribution in [2.24, 2.45) is 16.6 Å². The predicted molar refractivity (Wildman–Crippen MR) is 149 cm³/mol. The zero-order chi connectivity index (χ0) is 32.3. The standard InChI is InChI=1S/C12H21NO4.C10H13NO5.C6H13NO2/c1-12(2,3)9(10(14)15)13-11(16)17-8-6-4-5-7-8;12-8-5-6-9(13)11(8)16-10(14)15-7-3-1-2-4-7;1-6(2,3)4(7)5(8)9/h8-9H,4-7H2,1-3H3,(H,13,16)(H,14,15);7H,1-6H2;4H,7H2,1-3H3,(H,8,9)/t9-;;4-/m1.1/s1. The van der Waals surface area contributed by atoms with Crippen LogP contribution in [-0.4, -0.2) is 75.6 Å². The number of rotatable bonds is 6. The van der Waals surface area contributed by atoms with Crippen LogP contribution in [0.4, 0.5) is 9.59 Å². The summed E-state index contributed by atoms with van der Waals surface area (Å²) in [4.78, 5) is 70.9. The zero-order valence-corrected chi connectivity index (χ0v) is 25.5. The Morgan fingerprint density at radius 2 is 1.21 bits per heavy atom. The molecule has 2 atom stereocenters. The molecule has 0 bridgehead atoms. The molecule has 0 spiro atoms. The molecule has 14 heteroatoms. The number of nitrogens with two attached hydrogens (primary N) is 1. The van der Waals surface area contributed by atoms with E-state index in [-0.39, 0.29) is 30.5 Å². The molecule has 14 nitrogen and oxygen atoms in total. The maximum absolute atomic E-state index is 11.6. The Bertz CT molecular complexity index is 943. The second kappa shape index (κ2) is 16.3. The van der Waals surface area contributed by atoms with Gasteiger partial charge in [-0.2, -0.15) is 0 Å². The number of aliphatic carboxylic acids is 2. The molecule has 2 aliphatic carbocycles. The first-order chi connectivity index (χ1) is 19.3. The van der Waals surface area contributed by atoms with Gasteiger partial charge in [-0.05, 0) is 62.2 Å².